The maximum absolute atomic E-state index is 13.2. The molecular weight excluding hydrogens is 396 g/mol. The number of nitrogens with zero attached hydrogens (tertiary/aromatic N) is 2. The zero-order chi connectivity index (χ0) is 19.8. The second-order valence-electron chi connectivity index (χ2n) is 6.88. The summed E-state index contributed by atoms with van der Waals surface area (Å²) in [6.07, 6.45) is 4.64. The molecular formula is C22H26ClF2N3O. The van der Waals surface area contributed by atoms with Crippen LogP contribution in [0.3, 0.4) is 0 Å². The minimum absolute atomic E-state index is 0. The van der Waals surface area contributed by atoms with Crippen molar-refractivity contribution in [2.24, 2.45) is 0 Å². The van der Waals surface area contributed by atoms with E-state index in [0.29, 0.717) is 13.0 Å². The Morgan fingerprint density at radius 3 is 2.34 bits per heavy atom. The lowest BCUT2D eigenvalue weighted by atomic mass is 10.2. The predicted octanol–water partition coefficient (Wildman–Crippen LogP) is 4.05. The highest BCUT2D eigenvalue weighted by atomic mass is 35.5. The monoisotopic (exact) mass is 421 g/mol. The molecule has 3 rings (SSSR count). The molecule has 0 saturated carbocycles. The largest absolute Gasteiger partial charge is 0.326 e. The van der Waals surface area contributed by atoms with Gasteiger partial charge in [0.25, 0.3) is 0 Å². The van der Waals surface area contributed by atoms with Gasteiger partial charge in [-0.15, -0.1) is 12.4 Å². The molecule has 1 aliphatic heterocycles. The van der Waals surface area contributed by atoms with Gasteiger partial charge in [0.2, 0.25) is 5.91 Å². The summed E-state index contributed by atoms with van der Waals surface area (Å²) >= 11 is 0. The van der Waals surface area contributed by atoms with Crippen LogP contribution in [0.4, 0.5) is 14.5 Å². The van der Waals surface area contributed by atoms with E-state index in [-0.39, 0.29) is 24.0 Å². The Balaban J connectivity index is 0.00000300. The number of nitrogens with one attached hydrogen (secondary N) is 1. The smallest absolute Gasteiger partial charge is 0.225 e. The highest BCUT2D eigenvalue weighted by molar-refractivity contribution is 5.90. The summed E-state index contributed by atoms with van der Waals surface area (Å²) < 4.78 is 26.1. The normalized spacial score (nSPS) is 15.2. The number of carbonyl (C=O) groups excluding carboxylic acids is 1. The minimum Gasteiger partial charge on any atom is -0.326 e. The van der Waals surface area contributed by atoms with Crippen LogP contribution in [0.5, 0.6) is 0 Å². The van der Waals surface area contributed by atoms with Crippen molar-refractivity contribution < 1.29 is 13.6 Å². The topological polar surface area (TPSA) is 35.6 Å². The third-order valence-corrected chi connectivity index (χ3v) is 4.80. The quantitative estimate of drug-likeness (QED) is 0.732. The van der Waals surface area contributed by atoms with Crippen LogP contribution in [0.25, 0.3) is 6.08 Å². The van der Waals surface area contributed by atoms with Crippen molar-refractivity contribution in [2.75, 3.05) is 44.6 Å². The Hall–Kier alpha value is -2.28. The first kappa shape index (κ1) is 23.0. The molecule has 0 aromatic heterocycles. The molecule has 1 amide bonds. The maximum Gasteiger partial charge on any atom is 0.225 e. The Bertz CT molecular complexity index is 809. The van der Waals surface area contributed by atoms with Crippen LogP contribution in [0, 0.1) is 11.6 Å². The summed E-state index contributed by atoms with van der Waals surface area (Å²) in [6, 6.07) is 13.6. The Kier molecular flexibility index (Phi) is 9.25. The van der Waals surface area contributed by atoms with E-state index in [2.05, 4.69) is 39.4 Å². The van der Waals surface area contributed by atoms with Crippen LogP contribution >= 0.6 is 12.4 Å². The van der Waals surface area contributed by atoms with E-state index in [4.69, 9.17) is 0 Å². The van der Waals surface area contributed by atoms with Crippen LogP contribution < -0.4 is 5.32 Å². The summed E-state index contributed by atoms with van der Waals surface area (Å²) in [5.41, 5.74) is 1.48. The van der Waals surface area contributed by atoms with Crippen LogP contribution in [-0.2, 0) is 4.79 Å². The number of halogens is 3. The summed E-state index contributed by atoms with van der Waals surface area (Å²) in [7, 11) is 0. The van der Waals surface area contributed by atoms with Gasteiger partial charge < -0.3 is 10.2 Å². The van der Waals surface area contributed by atoms with Crippen LogP contribution in [0.2, 0.25) is 0 Å². The molecule has 0 spiro atoms. The fraction of sp³-hybridized carbons (Fsp3) is 0.318. The van der Waals surface area contributed by atoms with Gasteiger partial charge in [-0.25, -0.2) is 8.78 Å². The molecule has 0 aliphatic carbocycles. The number of benzene rings is 2. The lowest BCUT2D eigenvalue weighted by Crippen LogP contribution is -2.46. The Morgan fingerprint density at radius 2 is 1.66 bits per heavy atom. The van der Waals surface area contributed by atoms with Gasteiger partial charge >= 0.3 is 0 Å². The zero-order valence-corrected chi connectivity index (χ0v) is 17.0. The highest BCUT2D eigenvalue weighted by Gasteiger charge is 2.16. The number of amides is 1. The molecule has 7 heteroatoms. The van der Waals surface area contributed by atoms with E-state index < -0.39 is 11.6 Å². The molecule has 1 N–H and O–H groups in total. The standard InChI is InChI=1S/C22H25F2N3O.ClH/c23-20-9-8-19(17-21(20)24)25-22(28)10-12-27-15-13-26(14-16-27)11-4-7-18-5-2-1-3-6-18;/h1-9,17H,10-16H2,(H,25,28);1H. The fourth-order valence-corrected chi connectivity index (χ4v) is 3.15. The van der Waals surface area contributed by atoms with Crippen molar-refractivity contribution in [2.45, 2.75) is 6.42 Å². The molecule has 1 saturated heterocycles. The number of piperazine rings is 1. The molecule has 156 valence electrons. The lowest BCUT2D eigenvalue weighted by molar-refractivity contribution is -0.116. The van der Waals surface area contributed by atoms with Gasteiger partial charge in [-0.05, 0) is 17.7 Å². The predicted molar refractivity (Wildman–Crippen MR) is 115 cm³/mol. The van der Waals surface area contributed by atoms with Crippen molar-refractivity contribution in [3.8, 4) is 0 Å². The van der Waals surface area contributed by atoms with Crippen LogP contribution in [0.1, 0.15) is 12.0 Å². The second-order valence-corrected chi connectivity index (χ2v) is 6.88. The first-order valence-corrected chi connectivity index (χ1v) is 9.51. The number of hydrogen-bond acceptors (Lipinski definition) is 3. The van der Waals surface area contributed by atoms with Gasteiger partial charge in [0.15, 0.2) is 11.6 Å². The van der Waals surface area contributed by atoms with Gasteiger partial charge in [0, 0.05) is 57.4 Å². The molecule has 0 atom stereocenters. The Labute approximate surface area is 176 Å². The molecule has 4 nitrogen and oxygen atoms in total. The highest BCUT2D eigenvalue weighted by Crippen LogP contribution is 2.13. The van der Waals surface area contributed by atoms with E-state index in [1.54, 1.807) is 0 Å². The van der Waals surface area contributed by atoms with Crippen LogP contribution in [-0.4, -0.2) is 55.0 Å². The van der Waals surface area contributed by atoms with Gasteiger partial charge in [0.05, 0.1) is 0 Å². The molecule has 1 aliphatic rings. The molecule has 0 bridgehead atoms. The molecule has 0 radical (unpaired) electrons. The van der Waals surface area contributed by atoms with E-state index in [0.717, 1.165) is 44.9 Å². The maximum atomic E-state index is 13.2. The zero-order valence-electron chi connectivity index (χ0n) is 16.2. The van der Waals surface area contributed by atoms with Crippen molar-refractivity contribution in [3.63, 3.8) is 0 Å². The van der Waals surface area contributed by atoms with E-state index in [1.807, 2.05) is 18.2 Å². The molecule has 0 unspecified atom stereocenters. The van der Waals surface area contributed by atoms with Crippen LogP contribution in [0.15, 0.2) is 54.6 Å². The number of rotatable bonds is 7. The lowest BCUT2D eigenvalue weighted by Gasteiger charge is -2.34. The van der Waals surface area contributed by atoms with E-state index >= 15 is 0 Å². The molecule has 2 aromatic rings. The summed E-state index contributed by atoms with van der Waals surface area (Å²) in [4.78, 5) is 16.7. The fourth-order valence-electron chi connectivity index (χ4n) is 3.15. The number of anilines is 1. The Morgan fingerprint density at radius 1 is 0.966 bits per heavy atom. The first-order valence-electron chi connectivity index (χ1n) is 9.51. The molecule has 1 heterocycles. The summed E-state index contributed by atoms with van der Waals surface area (Å²) in [5, 5.41) is 2.61. The van der Waals surface area contributed by atoms with E-state index in [1.165, 1.54) is 11.6 Å². The van der Waals surface area contributed by atoms with Crippen molar-refractivity contribution in [1.82, 2.24) is 9.80 Å². The third-order valence-electron chi connectivity index (χ3n) is 4.80. The van der Waals surface area contributed by atoms with Gasteiger partial charge in [0.1, 0.15) is 0 Å². The van der Waals surface area contributed by atoms with E-state index in [9.17, 15) is 13.6 Å². The van der Waals surface area contributed by atoms with Crippen molar-refractivity contribution >= 4 is 30.1 Å². The number of hydrogen-bond donors (Lipinski definition) is 1. The SMILES string of the molecule is Cl.O=C(CCN1CCN(CC=Cc2ccccc2)CC1)Nc1ccc(F)c(F)c1. The van der Waals surface area contributed by atoms with Crippen molar-refractivity contribution in [3.05, 3.63) is 71.8 Å². The first-order chi connectivity index (χ1) is 13.6. The third kappa shape index (κ3) is 7.57. The van der Waals surface area contributed by atoms with Crippen molar-refractivity contribution in [1.29, 1.82) is 0 Å². The minimum atomic E-state index is -0.963. The van der Waals surface area contributed by atoms with Gasteiger partial charge in [-0.1, -0.05) is 42.5 Å². The molecule has 1 fully saturated rings. The summed E-state index contributed by atoms with van der Waals surface area (Å²) in [6.45, 7) is 5.33. The molecule has 2 aromatic carbocycles. The number of carbonyl (C=O) groups is 1. The van der Waals surface area contributed by atoms with Gasteiger partial charge in [-0.3, -0.25) is 9.69 Å². The van der Waals surface area contributed by atoms with Gasteiger partial charge in [-0.2, -0.15) is 0 Å². The average molecular weight is 422 g/mol. The summed E-state index contributed by atoms with van der Waals surface area (Å²) in [5.74, 6) is -2.08. The average Bonchev–Trinajstić information content (AvgIpc) is 2.71. The molecule has 29 heavy (non-hydrogen) atoms. The second kappa shape index (κ2) is 11.7.